The molecule has 1 aliphatic carbocycles. The molecule has 0 unspecified atom stereocenters. The summed E-state index contributed by atoms with van der Waals surface area (Å²) in [6.45, 7) is 0. The van der Waals surface area contributed by atoms with Gasteiger partial charge in [-0.05, 0) is 12.1 Å². The Kier molecular flexibility index (Phi) is 1.85. The Morgan fingerprint density at radius 3 is 2.26 bits per heavy atom. The maximum absolute atomic E-state index is 12.6. The van der Waals surface area contributed by atoms with Gasteiger partial charge in [0.2, 0.25) is 0 Å². The molecule has 0 fully saturated rings. The standard InChI is InChI=1S/C16H9NO2/c18-15-10-3-1-2-4-11(10)16(19)13-12(15)6-5-9-7-8-17-14(9)13/h1-8,17H. The second-order valence-electron chi connectivity index (χ2n) is 4.63. The van der Waals surface area contributed by atoms with Crippen molar-refractivity contribution in [2.75, 3.05) is 0 Å². The van der Waals surface area contributed by atoms with Crippen LogP contribution in [-0.2, 0) is 0 Å². The Morgan fingerprint density at radius 1 is 0.737 bits per heavy atom. The minimum Gasteiger partial charge on any atom is -0.361 e. The minimum absolute atomic E-state index is 0.0818. The Hall–Kier alpha value is -2.68. The lowest BCUT2D eigenvalue weighted by Crippen LogP contribution is -2.21. The van der Waals surface area contributed by atoms with Crippen molar-refractivity contribution in [3.63, 3.8) is 0 Å². The molecular formula is C16H9NO2. The molecule has 0 amide bonds. The van der Waals surface area contributed by atoms with Crippen molar-refractivity contribution < 1.29 is 9.59 Å². The lowest BCUT2D eigenvalue weighted by Gasteiger charge is -2.17. The molecule has 0 bridgehead atoms. The van der Waals surface area contributed by atoms with Crippen LogP contribution in [0.3, 0.4) is 0 Å². The Morgan fingerprint density at radius 2 is 1.47 bits per heavy atom. The maximum atomic E-state index is 12.6. The third-order valence-corrected chi connectivity index (χ3v) is 3.62. The molecule has 1 N–H and O–H groups in total. The van der Waals surface area contributed by atoms with Crippen molar-refractivity contribution in [2.45, 2.75) is 0 Å². The molecule has 0 radical (unpaired) electrons. The fraction of sp³-hybridized carbons (Fsp3) is 0. The molecule has 0 spiro atoms. The summed E-state index contributed by atoms with van der Waals surface area (Å²) in [5.41, 5.74) is 2.70. The predicted molar refractivity (Wildman–Crippen MR) is 71.6 cm³/mol. The third-order valence-electron chi connectivity index (χ3n) is 3.62. The molecule has 0 saturated heterocycles. The van der Waals surface area contributed by atoms with E-state index in [2.05, 4.69) is 4.98 Å². The number of aromatic amines is 1. The minimum atomic E-state index is -0.0850. The fourth-order valence-corrected chi connectivity index (χ4v) is 2.71. The van der Waals surface area contributed by atoms with Gasteiger partial charge in [0.25, 0.3) is 0 Å². The van der Waals surface area contributed by atoms with Gasteiger partial charge in [0.15, 0.2) is 11.6 Å². The Balaban J connectivity index is 2.14. The molecule has 3 heteroatoms. The van der Waals surface area contributed by atoms with Crippen molar-refractivity contribution in [3.8, 4) is 0 Å². The normalized spacial score (nSPS) is 13.5. The van der Waals surface area contributed by atoms with Gasteiger partial charge in [0, 0.05) is 28.3 Å². The second kappa shape index (κ2) is 3.42. The van der Waals surface area contributed by atoms with Crippen molar-refractivity contribution in [1.29, 1.82) is 0 Å². The molecular weight excluding hydrogens is 238 g/mol. The van der Waals surface area contributed by atoms with Gasteiger partial charge in [0.05, 0.1) is 11.1 Å². The molecule has 1 aliphatic rings. The molecule has 1 aromatic heterocycles. The summed E-state index contributed by atoms with van der Waals surface area (Å²) in [6.07, 6.45) is 1.78. The van der Waals surface area contributed by atoms with Crippen LogP contribution in [0.15, 0.2) is 48.7 Å². The molecule has 3 nitrogen and oxygen atoms in total. The van der Waals surface area contributed by atoms with Gasteiger partial charge in [-0.15, -0.1) is 0 Å². The van der Waals surface area contributed by atoms with Gasteiger partial charge in [-0.2, -0.15) is 0 Å². The number of hydrogen-bond donors (Lipinski definition) is 1. The summed E-state index contributed by atoms with van der Waals surface area (Å²) in [6, 6.07) is 12.5. The lowest BCUT2D eigenvalue weighted by molar-refractivity contribution is 0.0980. The topological polar surface area (TPSA) is 49.9 Å². The number of ketones is 2. The number of rotatable bonds is 0. The first kappa shape index (κ1) is 10.3. The highest BCUT2D eigenvalue weighted by Crippen LogP contribution is 2.31. The predicted octanol–water partition coefficient (Wildman–Crippen LogP) is 2.94. The van der Waals surface area contributed by atoms with E-state index in [1.54, 1.807) is 36.5 Å². The van der Waals surface area contributed by atoms with Crippen molar-refractivity contribution in [3.05, 3.63) is 70.9 Å². The van der Waals surface area contributed by atoms with Crippen LogP contribution in [0.25, 0.3) is 10.9 Å². The van der Waals surface area contributed by atoms with Gasteiger partial charge >= 0.3 is 0 Å². The number of nitrogens with one attached hydrogen (secondary N) is 1. The van der Waals surface area contributed by atoms with Gasteiger partial charge in [-0.3, -0.25) is 9.59 Å². The van der Waals surface area contributed by atoms with Gasteiger partial charge in [-0.1, -0.05) is 30.3 Å². The number of benzene rings is 2. The van der Waals surface area contributed by atoms with Gasteiger partial charge < -0.3 is 4.98 Å². The van der Waals surface area contributed by atoms with Crippen LogP contribution in [-0.4, -0.2) is 16.6 Å². The number of fused-ring (bicyclic) bond motifs is 4. The van der Waals surface area contributed by atoms with Crippen LogP contribution in [0.5, 0.6) is 0 Å². The van der Waals surface area contributed by atoms with Crippen molar-refractivity contribution >= 4 is 22.5 Å². The molecule has 2 aromatic carbocycles. The number of carbonyl (C=O) groups is 2. The first-order chi connectivity index (χ1) is 9.27. The summed E-state index contributed by atoms with van der Waals surface area (Å²) in [7, 11) is 0. The lowest BCUT2D eigenvalue weighted by atomic mass is 9.83. The summed E-state index contributed by atoms with van der Waals surface area (Å²) >= 11 is 0. The number of H-pyrrole nitrogens is 1. The highest BCUT2D eigenvalue weighted by Gasteiger charge is 2.30. The average Bonchev–Trinajstić information content (AvgIpc) is 2.92. The Bertz CT molecular complexity index is 858. The van der Waals surface area contributed by atoms with Crippen molar-refractivity contribution in [2.24, 2.45) is 0 Å². The van der Waals surface area contributed by atoms with Crippen LogP contribution >= 0.6 is 0 Å². The van der Waals surface area contributed by atoms with E-state index in [0.717, 1.165) is 10.9 Å². The summed E-state index contributed by atoms with van der Waals surface area (Å²) in [5, 5.41) is 0.944. The van der Waals surface area contributed by atoms with E-state index < -0.39 is 0 Å². The molecule has 0 atom stereocenters. The van der Waals surface area contributed by atoms with Crippen molar-refractivity contribution in [1.82, 2.24) is 4.98 Å². The summed E-state index contributed by atoms with van der Waals surface area (Å²) in [5.74, 6) is -0.167. The molecule has 1 heterocycles. The zero-order valence-electron chi connectivity index (χ0n) is 9.94. The Labute approximate surface area is 108 Å². The highest BCUT2D eigenvalue weighted by molar-refractivity contribution is 6.31. The maximum Gasteiger partial charge on any atom is 0.196 e. The first-order valence-electron chi connectivity index (χ1n) is 6.06. The summed E-state index contributed by atoms with van der Waals surface area (Å²) in [4.78, 5) is 28.1. The van der Waals surface area contributed by atoms with Crippen LogP contribution in [0.1, 0.15) is 31.8 Å². The number of aromatic nitrogens is 1. The van der Waals surface area contributed by atoms with Crippen LogP contribution < -0.4 is 0 Å². The molecule has 90 valence electrons. The molecule has 19 heavy (non-hydrogen) atoms. The summed E-state index contributed by atoms with van der Waals surface area (Å²) < 4.78 is 0. The second-order valence-corrected chi connectivity index (χ2v) is 4.63. The van der Waals surface area contributed by atoms with E-state index in [9.17, 15) is 9.59 Å². The molecule has 0 saturated carbocycles. The largest absolute Gasteiger partial charge is 0.361 e. The van der Waals surface area contributed by atoms with E-state index in [1.165, 1.54) is 0 Å². The monoisotopic (exact) mass is 247 g/mol. The van der Waals surface area contributed by atoms with Gasteiger partial charge in [0.1, 0.15) is 0 Å². The van der Waals surface area contributed by atoms with Crippen LogP contribution in [0.2, 0.25) is 0 Å². The zero-order chi connectivity index (χ0) is 13.0. The highest BCUT2D eigenvalue weighted by atomic mass is 16.1. The van der Waals surface area contributed by atoms with E-state index in [-0.39, 0.29) is 11.6 Å². The van der Waals surface area contributed by atoms with E-state index >= 15 is 0 Å². The zero-order valence-corrected chi connectivity index (χ0v) is 9.94. The molecule has 0 aliphatic heterocycles. The quantitative estimate of drug-likeness (QED) is 0.519. The first-order valence-corrected chi connectivity index (χ1v) is 6.06. The smallest absolute Gasteiger partial charge is 0.196 e. The molecule has 4 rings (SSSR count). The average molecular weight is 247 g/mol. The molecule has 3 aromatic rings. The number of carbonyl (C=O) groups excluding carboxylic acids is 2. The van der Waals surface area contributed by atoms with Gasteiger partial charge in [-0.25, -0.2) is 0 Å². The number of hydrogen-bond acceptors (Lipinski definition) is 2. The van der Waals surface area contributed by atoms with E-state index in [1.807, 2.05) is 12.1 Å². The third kappa shape index (κ3) is 1.21. The van der Waals surface area contributed by atoms with E-state index in [0.29, 0.717) is 22.3 Å². The van der Waals surface area contributed by atoms with E-state index in [4.69, 9.17) is 0 Å². The SMILES string of the molecule is O=C1c2ccccc2C(=O)c2c1ccc1cc[nH]c21. The van der Waals surface area contributed by atoms with Crippen LogP contribution in [0, 0.1) is 0 Å². The fourth-order valence-electron chi connectivity index (χ4n) is 2.71. The van der Waals surface area contributed by atoms with Crippen LogP contribution in [0.4, 0.5) is 0 Å².